The Kier molecular flexibility index (Phi) is 7.11. The zero-order valence-corrected chi connectivity index (χ0v) is 23.7. The minimum absolute atomic E-state index is 0.0125. The Bertz CT molecular complexity index is 1400. The van der Waals surface area contributed by atoms with Crippen LogP contribution in [-0.4, -0.2) is 94.0 Å². The number of nitrogens with zero attached hydrogens (tertiary/aromatic N) is 2. The molecule has 0 aromatic carbocycles. The van der Waals surface area contributed by atoms with Crippen molar-refractivity contribution >= 4 is 51.3 Å². The third-order valence-electron chi connectivity index (χ3n) is 7.96. The van der Waals surface area contributed by atoms with E-state index in [1.165, 1.54) is 30.5 Å². The lowest BCUT2D eigenvalue weighted by atomic mass is 9.97. The van der Waals surface area contributed by atoms with Crippen molar-refractivity contribution in [2.24, 2.45) is 5.73 Å². The summed E-state index contributed by atoms with van der Waals surface area (Å²) in [6.07, 6.45) is 6.83. The van der Waals surface area contributed by atoms with Crippen LogP contribution in [0.3, 0.4) is 0 Å². The Morgan fingerprint density at radius 1 is 1.23 bits per heavy atom. The van der Waals surface area contributed by atoms with Crippen LogP contribution in [0.4, 0.5) is 0 Å². The molecule has 216 valence electrons. The summed E-state index contributed by atoms with van der Waals surface area (Å²) in [6, 6.07) is -3.13. The number of amides is 3. The van der Waals surface area contributed by atoms with Crippen molar-refractivity contribution in [3.63, 3.8) is 0 Å². The maximum atomic E-state index is 13.0. The van der Waals surface area contributed by atoms with Gasteiger partial charge in [-0.05, 0) is 44.8 Å². The van der Waals surface area contributed by atoms with Crippen LogP contribution in [0.15, 0.2) is 35.1 Å². The molecule has 3 fully saturated rings. The Labute approximate surface area is 235 Å². The Hall–Kier alpha value is -3.17. The van der Waals surface area contributed by atoms with Crippen molar-refractivity contribution in [1.82, 2.24) is 15.1 Å². The number of hydrogen-bond donors (Lipinski definition) is 2. The zero-order valence-electron chi connectivity index (χ0n) is 22.1. The molecule has 5 unspecified atom stereocenters. The van der Waals surface area contributed by atoms with Gasteiger partial charge in [0.15, 0.2) is 9.84 Å². The molecule has 5 rings (SSSR count). The monoisotopic (exact) mass is 594 g/mol. The minimum Gasteiger partial charge on any atom is -0.426 e. The molecule has 0 saturated carbocycles. The van der Waals surface area contributed by atoms with Crippen molar-refractivity contribution in [3.05, 3.63) is 35.1 Å². The molecular formula is C25H30N4O9S2. The molecule has 3 amide bonds. The number of allylic oxidation sites excluding steroid dienone is 3. The first-order valence-corrected chi connectivity index (χ1v) is 15.3. The molecule has 40 heavy (non-hydrogen) atoms. The van der Waals surface area contributed by atoms with Crippen molar-refractivity contribution in [2.45, 2.75) is 73.7 Å². The van der Waals surface area contributed by atoms with Crippen LogP contribution >= 0.6 is 11.8 Å². The molecular weight excluding hydrogens is 564 g/mol. The predicted octanol–water partition coefficient (Wildman–Crippen LogP) is -0.558. The van der Waals surface area contributed by atoms with E-state index in [-0.39, 0.29) is 12.1 Å². The summed E-state index contributed by atoms with van der Waals surface area (Å²) in [4.78, 5) is 65.7. The van der Waals surface area contributed by atoms with E-state index in [0.717, 1.165) is 10.5 Å². The van der Waals surface area contributed by atoms with Crippen LogP contribution < -0.4 is 11.1 Å². The molecule has 0 spiro atoms. The molecule has 5 atom stereocenters. The van der Waals surface area contributed by atoms with E-state index in [4.69, 9.17) is 15.2 Å². The van der Waals surface area contributed by atoms with E-state index >= 15 is 0 Å². The smallest absolute Gasteiger partial charge is 0.357 e. The lowest BCUT2D eigenvalue weighted by Gasteiger charge is -2.49. The molecule has 3 N–H and O–H groups in total. The van der Waals surface area contributed by atoms with Gasteiger partial charge in [0.2, 0.25) is 18.6 Å². The molecule has 5 aliphatic rings. The van der Waals surface area contributed by atoms with Crippen molar-refractivity contribution in [2.75, 3.05) is 12.5 Å². The SMILES string of the molecule is CC1=C(C(=O)OCOC(=O)C2N3C(=O)CC3S(=O)(=O)C2(C)C)N2C(=O)C(NC(=O)C(N)C3=CCC=CC3)C2SC1. The highest BCUT2D eigenvalue weighted by Crippen LogP contribution is 2.46. The number of rotatable bonds is 7. The molecule has 0 aromatic heterocycles. The lowest BCUT2D eigenvalue weighted by Crippen LogP contribution is -2.71. The Morgan fingerprint density at radius 2 is 1.95 bits per heavy atom. The molecule has 3 saturated heterocycles. The normalized spacial score (nSPS) is 30.4. The molecule has 4 heterocycles. The summed E-state index contributed by atoms with van der Waals surface area (Å²) in [6.45, 7) is 3.51. The number of sulfone groups is 1. The summed E-state index contributed by atoms with van der Waals surface area (Å²) >= 11 is 1.37. The average Bonchev–Trinajstić information content (AvgIpc) is 3.04. The second-order valence-corrected chi connectivity index (χ2v) is 14.5. The highest BCUT2D eigenvalue weighted by molar-refractivity contribution is 8.00. The first-order valence-electron chi connectivity index (χ1n) is 12.7. The fourth-order valence-corrected chi connectivity index (χ4v) is 8.96. The number of thioether (sulfide) groups is 1. The summed E-state index contributed by atoms with van der Waals surface area (Å²) in [7, 11) is -3.80. The molecule has 1 aliphatic carbocycles. The second kappa shape index (κ2) is 10.0. The van der Waals surface area contributed by atoms with Crippen molar-refractivity contribution in [3.8, 4) is 0 Å². The molecule has 15 heteroatoms. The van der Waals surface area contributed by atoms with Gasteiger partial charge in [0, 0.05) is 5.75 Å². The van der Waals surface area contributed by atoms with Crippen LogP contribution in [0.1, 0.15) is 40.0 Å². The lowest BCUT2D eigenvalue weighted by molar-refractivity contribution is -0.175. The van der Waals surface area contributed by atoms with Gasteiger partial charge >= 0.3 is 11.9 Å². The summed E-state index contributed by atoms with van der Waals surface area (Å²) < 4.78 is 34.0. The fraction of sp³-hybridized carbons (Fsp3) is 0.560. The van der Waals surface area contributed by atoms with Gasteiger partial charge in [-0.15, -0.1) is 11.8 Å². The van der Waals surface area contributed by atoms with E-state index in [2.05, 4.69) is 5.32 Å². The third kappa shape index (κ3) is 4.25. The number of hydrogen-bond acceptors (Lipinski definition) is 11. The zero-order chi connectivity index (χ0) is 29.1. The number of carbonyl (C=O) groups excluding carboxylic acids is 5. The van der Waals surface area contributed by atoms with Gasteiger partial charge in [-0.3, -0.25) is 19.3 Å². The van der Waals surface area contributed by atoms with Gasteiger partial charge < -0.3 is 25.4 Å². The van der Waals surface area contributed by atoms with E-state index in [1.54, 1.807) is 6.92 Å². The Balaban J connectivity index is 1.18. The second-order valence-electron chi connectivity index (χ2n) is 10.7. The van der Waals surface area contributed by atoms with Crippen molar-refractivity contribution < 1.29 is 41.9 Å². The summed E-state index contributed by atoms with van der Waals surface area (Å²) in [5.41, 5.74) is 7.40. The Morgan fingerprint density at radius 3 is 2.60 bits per heavy atom. The highest BCUT2D eigenvalue weighted by Gasteiger charge is 2.68. The van der Waals surface area contributed by atoms with Crippen LogP contribution in [0.25, 0.3) is 0 Å². The molecule has 13 nitrogen and oxygen atoms in total. The minimum atomic E-state index is -3.80. The standard InChI is InChI=1S/C25H30N4O9S2/c1-12-10-39-22-17(27-20(31)16(26)13-7-5-4-6-8-13)21(32)29(22)18(12)23(33)37-11-38-24(34)19-25(2,3)40(35,36)15-9-14(30)28(15)19/h4-5,8,15-17,19,22H,6-7,9-11,26H2,1-3H3,(H,27,31). The molecule has 0 aromatic rings. The molecule has 0 bridgehead atoms. The summed E-state index contributed by atoms with van der Waals surface area (Å²) in [5.74, 6) is -3.00. The van der Waals surface area contributed by atoms with Gasteiger partial charge in [-0.25, -0.2) is 18.0 Å². The van der Waals surface area contributed by atoms with Crippen LogP contribution in [0.2, 0.25) is 0 Å². The third-order valence-corrected chi connectivity index (χ3v) is 12.2. The van der Waals surface area contributed by atoms with Gasteiger partial charge in [0.1, 0.15) is 34.6 Å². The molecule has 4 aliphatic heterocycles. The van der Waals surface area contributed by atoms with Gasteiger partial charge in [0.25, 0.3) is 5.91 Å². The number of ether oxygens (including phenoxy) is 2. The fourth-order valence-electron chi connectivity index (χ4n) is 5.54. The van der Waals surface area contributed by atoms with Crippen LogP contribution in [0.5, 0.6) is 0 Å². The number of nitrogens with two attached hydrogens (primary N) is 1. The number of fused-ring (bicyclic) bond motifs is 2. The largest absolute Gasteiger partial charge is 0.426 e. The number of nitrogens with one attached hydrogen (secondary N) is 1. The predicted molar refractivity (Wildman–Crippen MR) is 141 cm³/mol. The van der Waals surface area contributed by atoms with Crippen LogP contribution in [-0.2, 0) is 43.3 Å². The maximum Gasteiger partial charge on any atom is 0.357 e. The first-order chi connectivity index (χ1) is 18.8. The van der Waals surface area contributed by atoms with E-state index in [9.17, 15) is 32.4 Å². The van der Waals surface area contributed by atoms with Crippen molar-refractivity contribution in [1.29, 1.82) is 0 Å². The number of esters is 2. The van der Waals surface area contributed by atoms with Gasteiger partial charge in [-0.2, -0.15) is 0 Å². The topological polar surface area (TPSA) is 182 Å². The van der Waals surface area contributed by atoms with Gasteiger partial charge in [-0.1, -0.05) is 18.2 Å². The number of carbonyl (C=O) groups is 5. The molecule has 0 radical (unpaired) electrons. The van der Waals surface area contributed by atoms with E-state index in [1.807, 2.05) is 18.2 Å². The first kappa shape index (κ1) is 28.4. The average molecular weight is 595 g/mol. The maximum absolute atomic E-state index is 13.0. The van der Waals surface area contributed by atoms with E-state index in [0.29, 0.717) is 24.2 Å². The van der Waals surface area contributed by atoms with E-state index < -0.39 is 79.9 Å². The summed E-state index contributed by atoms with van der Waals surface area (Å²) in [5, 5.41) is 1.07. The highest BCUT2D eigenvalue weighted by atomic mass is 32.2. The van der Waals surface area contributed by atoms with Crippen LogP contribution in [0, 0.1) is 0 Å². The quantitative estimate of drug-likeness (QED) is 0.167. The number of β-lactam (4-membered cyclic amide) rings is 2. The van der Waals surface area contributed by atoms with Gasteiger partial charge in [0.05, 0.1) is 11.2 Å².